The number of ether oxygens (including phenoxy) is 1. The zero-order chi connectivity index (χ0) is 18.1. The second-order valence-corrected chi connectivity index (χ2v) is 5.10. The second kappa shape index (κ2) is 9.44. The van der Waals surface area contributed by atoms with Crippen molar-refractivity contribution in [2.45, 2.75) is 33.6 Å². The molecule has 0 spiro atoms. The Hall–Kier alpha value is -2.70. The van der Waals surface area contributed by atoms with Crippen molar-refractivity contribution in [3.63, 3.8) is 0 Å². The number of esters is 1. The zero-order valence-corrected chi connectivity index (χ0v) is 14.1. The molecule has 7 nitrogen and oxygen atoms in total. The van der Waals surface area contributed by atoms with Crippen molar-refractivity contribution in [2.24, 2.45) is 0 Å². The van der Waals surface area contributed by atoms with Crippen LogP contribution >= 0.6 is 0 Å². The van der Waals surface area contributed by atoms with Crippen molar-refractivity contribution in [2.75, 3.05) is 18.5 Å². The monoisotopic (exact) mass is 334 g/mol. The van der Waals surface area contributed by atoms with Gasteiger partial charge in [0, 0.05) is 19.0 Å². The molecular weight excluding hydrogens is 312 g/mol. The molecule has 2 N–H and O–H groups in total. The third-order valence-electron chi connectivity index (χ3n) is 3.11. The van der Waals surface area contributed by atoms with Crippen molar-refractivity contribution in [3.05, 3.63) is 29.3 Å². The molecule has 0 fully saturated rings. The van der Waals surface area contributed by atoms with Gasteiger partial charge in [0.05, 0.1) is 17.9 Å². The third kappa shape index (κ3) is 5.49. The molecular formula is C17H22N2O5. The van der Waals surface area contributed by atoms with Crippen molar-refractivity contribution < 1.29 is 23.9 Å². The van der Waals surface area contributed by atoms with Gasteiger partial charge in [-0.3, -0.25) is 14.4 Å². The Morgan fingerprint density at radius 3 is 2.42 bits per heavy atom. The summed E-state index contributed by atoms with van der Waals surface area (Å²) in [5.41, 5.74) is 0.310. The first-order valence-electron chi connectivity index (χ1n) is 7.82. The number of hydrogen-bond donors (Lipinski definition) is 2. The summed E-state index contributed by atoms with van der Waals surface area (Å²) in [5, 5.41) is 5.03. The molecule has 2 amide bonds. The van der Waals surface area contributed by atoms with E-state index in [4.69, 9.17) is 4.74 Å². The summed E-state index contributed by atoms with van der Waals surface area (Å²) in [5.74, 6) is -2.52. The van der Waals surface area contributed by atoms with Crippen LogP contribution in [0.25, 0.3) is 0 Å². The van der Waals surface area contributed by atoms with E-state index >= 15 is 0 Å². The third-order valence-corrected chi connectivity index (χ3v) is 3.11. The highest BCUT2D eigenvalue weighted by Crippen LogP contribution is 2.19. The molecule has 7 heteroatoms. The Balaban J connectivity index is 3.06. The Kier molecular flexibility index (Phi) is 7.61. The fraction of sp³-hybridized carbons (Fsp3) is 0.412. The molecule has 130 valence electrons. The number of hydrogen-bond acceptors (Lipinski definition) is 5. The van der Waals surface area contributed by atoms with Crippen LogP contribution in [0.3, 0.4) is 0 Å². The molecule has 0 saturated carbocycles. The van der Waals surface area contributed by atoms with Crippen LogP contribution in [0.15, 0.2) is 18.2 Å². The van der Waals surface area contributed by atoms with Crippen LogP contribution in [0.2, 0.25) is 0 Å². The van der Waals surface area contributed by atoms with Crippen molar-refractivity contribution >= 4 is 29.3 Å². The summed E-state index contributed by atoms with van der Waals surface area (Å²) in [6, 6.07) is 4.04. The van der Waals surface area contributed by atoms with Crippen molar-refractivity contribution in [1.82, 2.24) is 5.32 Å². The highest BCUT2D eigenvalue weighted by atomic mass is 16.5. The molecule has 0 aliphatic heterocycles. The SMILES string of the molecule is CCCCNC(=O)C(=O)c1ccc(NC(C)=O)c(C(=O)OCC)c1. The smallest absolute Gasteiger partial charge is 0.340 e. The number of unbranched alkanes of at least 4 members (excludes halogenated alkanes) is 1. The van der Waals surface area contributed by atoms with Gasteiger partial charge in [-0.1, -0.05) is 13.3 Å². The first-order valence-corrected chi connectivity index (χ1v) is 7.82. The highest BCUT2D eigenvalue weighted by molar-refractivity contribution is 6.43. The fourth-order valence-corrected chi connectivity index (χ4v) is 1.95. The topological polar surface area (TPSA) is 102 Å². The van der Waals surface area contributed by atoms with Gasteiger partial charge in [-0.25, -0.2) is 4.79 Å². The maximum Gasteiger partial charge on any atom is 0.340 e. The summed E-state index contributed by atoms with van der Waals surface area (Å²) in [6.45, 7) is 5.48. The lowest BCUT2D eigenvalue weighted by Crippen LogP contribution is -2.32. The van der Waals surface area contributed by atoms with Gasteiger partial charge in [0.15, 0.2) is 0 Å². The molecule has 0 heterocycles. The van der Waals surface area contributed by atoms with Gasteiger partial charge in [0.25, 0.3) is 5.91 Å². The molecule has 0 saturated heterocycles. The van der Waals surface area contributed by atoms with E-state index in [2.05, 4.69) is 10.6 Å². The van der Waals surface area contributed by atoms with Gasteiger partial charge >= 0.3 is 5.97 Å². The van der Waals surface area contributed by atoms with Gasteiger partial charge in [0.1, 0.15) is 0 Å². The average Bonchev–Trinajstić information content (AvgIpc) is 2.54. The highest BCUT2D eigenvalue weighted by Gasteiger charge is 2.20. The van der Waals surface area contributed by atoms with Crippen LogP contribution in [0, 0.1) is 0 Å². The lowest BCUT2D eigenvalue weighted by Gasteiger charge is -2.11. The number of anilines is 1. The Labute approximate surface area is 140 Å². The molecule has 0 aromatic heterocycles. The number of carbonyl (C=O) groups is 4. The van der Waals surface area contributed by atoms with E-state index in [1.165, 1.54) is 25.1 Å². The van der Waals surface area contributed by atoms with E-state index in [9.17, 15) is 19.2 Å². The van der Waals surface area contributed by atoms with Crippen LogP contribution in [0.1, 0.15) is 54.3 Å². The molecule has 1 rings (SSSR count). The first-order chi connectivity index (χ1) is 11.4. The Bertz CT molecular complexity index is 640. The molecule has 0 radical (unpaired) electrons. The molecule has 1 aromatic rings. The van der Waals surface area contributed by atoms with Gasteiger partial charge in [-0.05, 0) is 31.5 Å². The molecule has 0 atom stereocenters. The maximum atomic E-state index is 12.2. The van der Waals surface area contributed by atoms with E-state index in [-0.39, 0.29) is 29.3 Å². The van der Waals surface area contributed by atoms with Crippen LogP contribution in [-0.2, 0) is 14.3 Å². The van der Waals surface area contributed by atoms with Crippen LogP contribution in [-0.4, -0.2) is 36.7 Å². The van der Waals surface area contributed by atoms with E-state index < -0.39 is 17.7 Å². The van der Waals surface area contributed by atoms with Gasteiger partial charge in [-0.2, -0.15) is 0 Å². The standard InChI is InChI=1S/C17H22N2O5/c1-4-6-9-18-16(22)15(21)12-7-8-14(19-11(3)20)13(10-12)17(23)24-5-2/h7-8,10H,4-6,9H2,1-3H3,(H,18,22)(H,19,20). The normalized spacial score (nSPS) is 9.96. The fourth-order valence-electron chi connectivity index (χ4n) is 1.95. The molecule has 1 aromatic carbocycles. The number of benzene rings is 1. The minimum Gasteiger partial charge on any atom is -0.462 e. The Morgan fingerprint density at radius 2 is 1.83 bits per heavy atom. The van der Waals surface area contributed by atoms with Gasteiger partial charge in [-0.15, -0.1) is 0 Å². The van der Waals surface area contributed by atoms with Crippen molar-refractivity contribution in [1.29, 1.82) is 0 Å². The van der Waals surface area contributed by atoms with Crippen molar-refractivity contribution in [3.8, 4) is 0 Å². The second-order valence-electron chi connectivity index (χ2n) is 5.10. The lowest BCUT2D eigenvalue weighted by atomic mass is 10.0. The van der Waals surface area contributed by atoms with E-state index in [1.807, 2.05) is 6.92 Å². The van der Waals surface area contributed by atoms with E-state index in [0.717, 1.165) is 12.8 Å². The van der Waals surface area contributed by atoms with Gasteiger partial charge in [0.2, 0.25) is 11.7 Å². The summed E-state index contributed by atoms with van der Waals surface area (Å²) < 4.78 is 4.92. The molecule has 24 heavy (non-hydrogen) atoms. The first kappa shape index (κ1) is 19.3. The number of nitrogens with one attached hydrogen (secondary N) is 2. The lowest BCUT2D eigenvalue weighted by molar-refractivity contribution is -0.117. The number of carbonyl (C=O) groups excluding carboxylic acids is 4. The quantitative estimate of drug-likeness (QED) is 0.327. The molecule has 0 aliphatic rings. The maximum absolute atomic E-state index is 12.2. The predicted octanol–water partition coefficient (Wildman–Crippen LogP) is 1.92. The molecule has 0 aliphatic carbocycles. The Morgan fingerprint density at radius 1 is 1.12 bits per heavy atom. The average molecular weight is 334 g/mol. The summed E-state index contributed by atoms with van der Waals surface area (Å²) >= 11 is 0. The van der Waals surface area contributed by atoms with E-state index in [0.29, 0.717) is 6.54 Å². The van der Waals surface area contributed by atoms with Crippen LogP contribution < -0.4 is 10.6 Å². The number of amides is 2. The number of rotatable bonds is 8. The summed E-state index contributed by atoms with van der Waals surface area (Å²) in [7, 11) is 0. The summed E-state index contributed by atoms with van der Waals surface area (Å²) in [4.78, 5) is 47.2. The van der Waals surface area contributed by atoms with Gasteiger partial charge < -0.3 is 15.4 Å². The molecule has 0 bridgehead atoms. The van der Waals surface area contributed by atoms with E-state index in [1.54, 1.807) is 6.92 Å². The minimum atomic E-state index is -0.744. The summed E-state index contributed by atoms with van der Waals surface area (Å²) in [6.07, 6.45) is 1.67. The largest absolute Gasteiger partial charge is 0.462 e. The predicted molar refractivity (Wildman–Crippen MR) is 89.0 cm³/mol. The minimum absolute atomic E-state index is 0.0271. The van der Waals surface area contributed by atoms with Crippen LogP contribution in [0.5, 0.6) is 0 Å². The number of Topliss-reactive ketones (excluding diaryl/α,β-unsaturated/α-hetero) is 1. The number of ketones is 1. The molecule has 0 unspecified atom stereocenters. The van der Waals surface area contributed by atoms with Crippen LogP contribution in [0.4, 0.5) is 5.69 Å². The zero-order valence-electron chi connectivity index (χ0n) is 14.1.